The summed E-state index contributed by atoms with van der Waals surface area (Å²) in [7, 11) is 0. The lowest BCUT2D eigenvalue weighted by Gasteiger charge is -2.36. The van der Waals surface area contributed by atoms with Crippen molar-refractivity contribution in [3.8, 4) is 0 Å². The quantitative estimate of drug-likeness (QED) is 0.318. The monoisotopic (exact) mass is 468 g/mol. The fourth-order valence-corrected chi connectivity index (χ4v) is 6.66. The molecule has 0 aromatic heterocycles. The van der Waals surface area contributed by atoms with E-state index in [1.807, 2.05) is 0 Å². The minimum atomic E-state index is 0. The Morgan fingerprint density at radius 1 is 0.656 bits per heavy atom. The van der Waals surface area contributed by atoms with E-state index < -0.39 is 0 Å². The van der Waals surface area contributed by atoms with Crippen LogP contribution in [0.25, 0.3) is 0 Å². The molecule has 0 unspecified atom stereocenters. The maximum absolute atomic E-state index is 13.2. The fourth-order valence-electron chi connectivity index (χ4n) is 6.66. The Kier molecular flexibility index (Phi) is 15.0. The Bertz CT molecular complexity index is 448. The van der Waals surface area contributed by atoms with E-state index >= 15 is 0 Å². The van der Waals surface area contributed by atoms with Gasteiger partial charge in [0.25, 0.3) is 0 Å². The van der Waals surface area contributed by atoms with Crippen molar-refractivity contribution >= 4 is 18.3 Å². The SMILES string of the molecule is Cl.O=C(NCCCCCCCN1CCCCCCC1)C(C1CCCCC1)C1CCCCC1. The van der Waals surface area contributed by atoms with Crippen molar-refractivity contribution in [1.82, 2.24) is 10.2 Å². The van der Waals surface area contributed by atoms with Crippen LogP contribution in [-0.2, 0) is 4.79 Å². The van der Waals surface area contributed by atoms with E-state index in [1.165, 1.54) is 142 Å². The number of unbranched alkanes of at least 4 members (excludes halogenated alkanes) is 4. The standard InChI is InChI=1S/C28H52N2O.ClH/c31-28(27(25-17-9-7-10-18-25)26-19-11-8-12-20-26)29-21-13-3-1-4-14-22-30-23-15-5-2-6-16-24-30;/h25-27H,1-24H2,(H,29,31);1H. The van der Waals surface area contributed by atoms with Crippen molar-refractivity contribution in [2.45, 2.75) is 128 Å². The Hall–Kier alpha value is -0.280. The second-order valence-corrected chi connectivity index (χ2v) is 11.0. The van der Waals surface area contributed by atoms with E-state index in [0.29, 0.717) is 23.7 Å². The number of nitrogens with zero attached hydrogens (tertiary/aromatic N) is 1. The highest BCUT2D eigenvalue weighted by Crippen LogP contribution is 2.40. The third-order valence-corrected chi connectivity index (χ3v) is 8.52. The highest BCUT2D eigenvalue weighted by atomic mass is 35.5. The Labute approximate surface area is 205 Å². The van der Waals surface area contributed by atoms with Crippen molar-refractivity contribution in [2.24, 2.45) is 17.8 Å². The average Bonchev–Trinajstić information content (AvgIpc) is 2.78. The Morgan fingerprint density at radius 2 is 1.12 bits per heavy atom. The van der Waals surface area contributed by atoms with Crippen LogP contribution in [0.5, 0.6) is 0 Å². The summed E-state index contributed by atoms with van der Waals surface area (Å²) in [4.78, 5) is 15.9. The number of carbonyl (C=O) groups excluding carboxylic acids is 1. The Balaban J connectivity index is 0.00000363. The summed E-state index contributed by atoms with van der Waals surface area (Å²) in [6.07, 6.45) is 27.0. The molecule has 0 spiro atoms. The number of nitrogens with one attached hydrogen (secondary N) is 1. The van der Waals surface area contributed by atoms with Gasteiger partial charge in [-0.25, -0.2) is 0 Å². The molecule has 2 saturated carbocycles. The third-order valence-electron chi connectivity index (χ3n) is 8.52. The molecular weight excluding hydrogens is 416 g/mol. The third kappa shape index (κ3) is 10.3. The highest BCUT2D eigenvalue weighted by molar-refractivity contribution is 5.85. The Morgan fingerprint density at radius 3 is 1.72 bits per heavy atom. The molecule has 1 amide bonds. The molecule has 188 valence electrons. The van der Waals surface area contributed by atoms with Crippen molar-refractivity contribution < 1.29 is 4.79 Å². The summed E-state index contributed by atoms with van der Waals surface area (Å²) in [5.41, 5.74) is 0. The molecule has 3 nitrogen and oxygen atoms in total. The van der Waals surface area contributed by atoms with E-state index in [1.54, 1.807) is 0 Å². The number of likely N-dealkylation sites (tertiary alicyclic amines) is 1. The minimum Gasteiger partial charge on any atom is -0.356 e. The topological polar surface area (TPSA) is 32.3 Å². The van der Waals surface area contributed by atoms with E-state index in [9.17, 15) is 4.79 Å². The van der Waals surface area contributed by atoms with E-state index in [0.717, 1.165) is 13.0 Å². The van der Waals surface area contributed by atoms with Gasteiger partial charge in [0, 0.05) is 12.5 Å². The van der Waals surface area contributed by atoms with Crippen molar-refractivity contribution in [3.05, 3.63) is 0 Å². The van der Waals surface area contributed by atoms with Crippen molar-refractivity contribution in [1.29, 1.82) is 0 Å². The molecule has 32 heavy (non-hydrogen) atoms. The van der Waals surface area contributed by atoms with Gasteiger partial charge in [-0.05, 0) is 82.8 Å². The number of hydrogen-bond donors (Lipinski definition) is 1. The molecule has 3 aliphatic rings. The molecule has 1 aliphatic heterocycles. The van der Waals surface area contributed by atoms with Crippen LogP contribution < -0.4 is 5.32 Å². The van der Waals surface area contributed by atoms with E-state index in [2.05, 4.69) is 10.2 Å². The summed E-state index contributed by atoms with van der Waals surface area (Å²) in [6.45, 7) is 4.87. The first-order valence-corrected chi connectivity index (χ1v) is 14.3. The zero-order chi connectivity index (χ0) is 21.6. The zero-order valence-corrected chi connectivity index (χ0v) is 21.8. The molecule has 0 atom stereocenters. The number of rotatable bonds is 11. The van der Waals surface area contributed by atoms with Crippen LogP contribution in [-0.4, -0.2) is 37.0 Å². The fraction of sp³-hybridized carbons (Fsp3) is 0.964. The largest absolute Gasteiger partial charge is 0.356 e. The van der Waals surface area contributed by atoms with Gasteiger partial charge in [-0.3, -0.25) is 4.79 Å². The van der Waals surface area contributed by atoms with Crippen LogP contribution in [0.4, 0.5) is 0 Å². The molecule has 1 saturated heterocycles. The van der Waals surface area contributed by atoms with Crippen LogP contribution in [0.2, 0.25) is 0 Å². The zero-order valence-electron chi connectivity index (χ0n) is 21.0. The van der Waals surface area contributed by atoms with Gasteiger partial charge in [-0.2, -0.15) is 0 Å². The summed E-state index contributed by atoms with van der Waals surface area (Å²) < 4.78 is 0. The first kappa shape index (κ1) is 28.0. The average molecular weight is 469 g/mol. The van der Waals surface area contributed by atoms with Gasteiger partial charge in [-0.15, -0.1) is 12.4 Å². The second-order valence-electron chi connectivity index (χ2n) is 11.0. The van der Waals surface area contributed by atoms with Crippen molar-refractivity contribution in [3.63, 3.8) is 0 Å². The van der Waals surface area contributed by atoms with Crippen LogP contribution >= 0.6 is 12.4 Å². The molecule has 3 fully saturated rings. The number of halogens is 1. The van der Waals surface area contributed by atoms with Gasteiger partial charge in [0.15, 0.2) is 0 Å². The lowest BCUT2D eigenvalue weighted by molar-refractivity contribution is -0.130. The first-order chi connectivity index (χ1) is 15.3. The number of hydrogen-bond acceptors (Lipinski definition) is 2. The van der Waals surface area contributed by atoms with E-state index in [4.69, 9.17) is 0 Å². The summed E-state index contributed by atoms with van der Waals surface area (Å²) in [5, 5.41) is 3.39. The van der Waals surface area contributed by atoms with Crippen LogP contribution in [0.1, 0.15) is 128 Å². The molecule has 2 aliphatic carbocycles. The summed E-state index contributed by atoms with van der Waals surface area (Å²) in [5.74, 6) is 2.06. The highest BCUT2D eigenvalue weighted by Gasteiger charge is 2.36. The minimum absolute atomic E-state index is 0. The lowest BCUT2D eigenvalue weighted by atomic mass is 9.69. The first-order valence-electron chi connectivity index (χ1n) is 14.3. The molecule has 3 rings (SSSR count). The maximum atomic E-state index is 13.2. The molecule has 0 radical (unpaired) electrons. The van der Waals surface area contributed by atoms with Gasteiger partial charge < -0.3 is 10.2 Å². The van der Waals surface area contributed by atoms with Gasteiger partial charge >= 0.3 is 0 Å². The van der Waals surface area contributed by atoms with Gasteiger partial charge in [0.2, 0.25) is 5.91 Å². The molecule has 4 heteroatoms. The molecule has 0 aromatic carbocycles. The van der Waals surface area contributed by atoms with Crippen molar-refractivity contribution in [2.75, 3.05) is 26.2 Å². The molecule has 0 bridgehead atoms. The molecule has 1 N–H and O–H groups in total. The smallest absolute Gasteiger partial charge is 0.223 e. The van der Waals surface area contributed by atoms with Gasteiger partial charge in [-0.1, -0.05) is 77.0 Å². The van der Waals surface area contributed by atoms with E-state index in [-0.39, 0.29) is 12.4 Å². The molecular formula is C28H53ClN2O. The predicted octanol–water partition coefficient (Wildman–Crippen LogP) is 7.52. The second kappa shape index (κ2) is 17.2. The molecule has 1 heterocycles. The number of amides is 1. The summed E-state index contributed by atoms with van der Waals surface area (Å²) in [6, 6.07) is 0. The van der Waals surface area contributed by atoms with Crippen LogP contribution in [0.3, 0.4) is 0 Å². The van der Waals surface area contributed by atoms with Gasteiger partial charge in [0.05, 0.1) is 0 Å². The van der Waals surface area contributed by atoms with Gasteiger partial charge in [0.1, 0.15) is 0 Å². The normalized spacial score (nSPS) is 22.2. The molecule has 0 aromatic rings. The summed E-state index contributed by atoms with van der Waals surface area (Å²) >= 11 is 0. The van der Waals surface area contributed by atoms with Crippen LogP contribution in [0, 0.1) is 17.8 Å². The number of carbonyl (C=O) groups is 1. The van der Waals surface area contributed by atoms with Crippen LogP contribution in [0.15, 0.2) is 0 Å². The maximum Gasteiger partial charge on any atom is 0.223 e. The lowest BCUT2D eigenvalue weighted by Crippen LogP contribution is -2.41. The predicted molar refractivity (Wildman–Crippen MR) is 140 cm³/mol.